The van der Waals surface area contributed by atoms with E-state index < -0.39 is 10.0 Å². The molecule has 0 bridgehead atoms. The Hall–Kier alpha value is -0.700. The van der Waals surface area contributed by atoms with E-state index in [1.54, 1.807) is 11.4 Å². The summed E-state index contributed by atoms with van der Waals surface area (Å²) in [4.78, 5) is 16.5. The molecule has 7 nitrogen and oxygen atoms in total. The van der Waals surface area contributed by atoms with Crippen molar-refractivity contribution in [2.75, 3.05) is 53.5 Å². The van der Waals surface area contributed by atoms with E-state index in [1.807, 2.05) is 4.90 Å². The predicted octanol–water partition coefficient (Wildman–Crippen LogP) is 0.124. The van der Waals surface area contributed by atoms with Crippen LogP contribution in [0.2, 0.25) is 0 Å². The number of amides is 1. The standard InChI is InChI=1S/C16H29N3O4S/c1-17-9-10-19(24(21,22)14-3-4-14)13-16(17)6-5-15(20)18(8-7-16)11-12-23-2/h14H,3-13H2,1-2H3/t16-/m1/s1. The molecule has 1 saturated carbocycles. The van der Waals surface area contributed by atoms with Crippen molar-refractivity contribution in [3.05, 3.63) is 0 Å². The summed E-state index contributed by atoms with van der Waals surface area (Å²) in [6.07, 6.45) is 3.61. The van der Waals surface area contributed by atoms with Crippen molar-refractivity contribution in [2.24, 2.45) is 0 Å². The molecule has 24 heavy (non-hydrogen) atoms. The number of carbonyl (C=O) groups is 1. The lowest BCUT2D eigenvalue weighted by Gasteiger charge is -2.48. The molecule has 3 aliphatic rings. The number of methoxy groups -OCH3 is 1. The van der Waals surface area contributed by atoms with E-state index in [0.29, 0.717) is 39.2 Å². The summed E-state index contributed by atoms with van der Waals surface area (Å²) in [6.45, 7) is 3.64. The second kappa shape index (κ2) is 6.90. The summed E-state index contributed by atoms with van der Waals surface area (Å²) in [5.41, 5.74) is -0.225. The Labute approximate surface area is 145 Å². The molecule has 3 fully saturated rings. The highest BCUT2D eigenvalue weighted by Gasteiger charge is 2.48. The molecule has 0 N–H and O–H groups in total. The van der Waals surface area contributed by atoms with Crippen LogP contribution in [0.4, 0.5) is 0 Å². The summed E-state index contributed by atoms with van der Waals surface area (Å²) in [6, 6.07) is 0. The number of carbonyl (C=O) groups excluding carboxylic acids is 1. The lowest BCUT2D eigenvalue weighted by Crippen LogP contribution is -2.62. The molecular formula is C16H29N3O4S. The SMILES string of the molecule is COCCN1CC[C@]2(CCC1=O)CN(S(=O)(=O)C1CC1)CCN2C. The van der Waals surface area contributed by atoms with Crippen LogP contribution in [0.3, 0.4) is 0 Å². The number of ether oxygens (including phenoxy) is 1. The number of likely N-dealkylation sites (N-methyl/N-ethyl adjacent to an activating group) is 1. The summed E-state index contributed by atoms with van der Waals surface area (Å²) in [7, 11) is 0.551. The molecule has 1 atom stereocenters. The Morgan fingerprint density at radius 3 is 2.62 bits per heavy atom. The van der Waals surface area contributed by atoms with Crippen molar-refractivity contribution in [1.82, 2.24) is 14.1 Å². The van der Waals surface area contributed by atoms with E-state index in [2.05, 4.69) is 11.9 Å². The van der Waals surface area contributed by atoms with Gasteiger partial charge >= 0.3 is 0 Å². The molecule has 138 valence electrons. The van der Waals surface area contributed by atoms with Crippen LogP contribution in [0.1, 0.15) is 32.1 Å². The molecule has 2 aliphatic heterocycles. The maximum absolute atomic E-state index is 12.7. The fourth-order valence-electron chi connectivity index (χ4n) is 3.89. The van der Waals surface area contributed by atoms with Gasteiger partial charge in [0.2, 0.25) is 15.9 Å². The molecule has 2 heterocycles. The highest BCUT2D eigenvalue weighted by Crippen LogP contribution is 2.37. The monoisotopic (exact) mass is 359 g/mol. The van der Waals surface area contributed by atoms with Gasteiger partial charge in [0.25, 0.3) is 0 Å². The minimum absolute atomic E-state index is 0.152. The van der Waals surface area contributed by atoms with Crippen LogP contribution in [-0.2, 0) is 19.6 Å². The number of likely N-dealkylation sites (tertiary alicyclic amines) is 1. The summed E-state index contributed by atoms with van der Waals surface area (Å²) >= 11 is 0. The Kier molecular flexibility index (Phi) is 5.20. The van der Waals surface area contributed by atoms with Gasteiger partial charge in [-0.1, -0.05) is 0 Å². The number of piperazine rings is 1. The topological polar surface area (TPSA) is 70.2 Å². The lowest BCUT2D eigenvalue weighted by molar-refractivity contribution is -0.131. The molecule has 0 aromatic heterocycles. The molecule has 0 aromatic rings. The molecule has 1 amide bonds. The molecule has 1 aliphatic carbocycles. The molecule has 1 spiro atoms. The summed E-state index contributed by atoms with van der Waals surface area (Å²) in [5, 5.41) is -0.163. The zero-order valence-electron chi connectivity index (χ0n) is 14.7. The van der Waals surface area contributed by atoms with Crippen LogP contribution < -0.4 is 0 Å². The Morgan fingerprint density at radius 2 is 1.96 bits per heavy atom. The van der Waals surface area contributed by atoms with E-state index >= 15 is 0 Å². The summed E-state index contributed by atoms with van der Waals surface area (Å²) in [5.74, 6) is 0.152. The Bertz CT molecular complexity index is 578. The Morgan fingerprint density at radius 1 is 1.21 bits per heavy atom. The average molecular weight is 359 g/mol. The van der Waals surface area contributed by atoms with E-state index in [-0.39, 0.29) is 16.7 Å². The third-order valence-electron chi connectivity index (χ3n) is 5.84. The maximum atomic E-state index is 12.7. The first-order valence-electron chi connectivity index (χ1n) is 8.86. The predicted molar refractivity (Wildman–Crippen MR) is 91.2 cm³/mol. The number of sulfonamides is 1. The van der Waals surface area contributed by atoms with Gasteiger partial charge in [-0.15, -0.1) is 0 Å². The quantitative estimate of drug-likeness (QED) is 0.698. The van der Waals surface area contributed by atoms with Gasteiger partial charge in [-0.25, -0.2) is 8.42 Å². The van der Waals surface area contributed by atoms with Crippen molar-refractivity contribution < 1.29 is 17.9 Å². The lowest BCUT2D eigenvalue weighted by atomic mass is 9.87. The van der Waals surface area contributed by atoms with Gasteiger partial charge in [0, 0.05) is 51.8 Å². The fraction of sp³-hybridized carbons (Fsp3) is 0.938. The summed E-state index contributed by atoms with van der Waals surface area (Å²) < 4.78 is 32.1. The molecule has 3 rings (SSSR count). The molecule has 8 heteroatoms. The van der Waals surface area contributed by atoms with Crippen LogP contribution in [0.5, 0.6) is 0 Å². The van der Waals surface area contributed by atoms with Crippen molar-refractivity contribution in [3.63, 3.8) is 0 Å². The van der Waals surface area contributed by atoms with Gasteiger partial charge in [-0.05, 0) is 32.7 Å². The average Bonchev–Trinajstić information content (AvgIpc) is 3.40. The van der Waals surface area contributed by atoms with Crippen molar-refractivity contribution in [2.45, 2.75) is 42.9 Å². The van der Waals surface area contributed by atoms with Gasteiger partial charge in [0.1, 0.15) is 0 Å². The molecular weight excluding hydrogens is 330 g/mol. The minimum atomic E-state index is -3.15. The second-order valence-corrected chi connectivity index (χ2v) is 9.56. The maximum Gasteiger partial charge on any atom is 0.222 e. The van der Waals surface area contributed by atoms with Crippen molar-refractivity contribution in [3.8, 4) is 0 Å². The van der Waals surface area contributed by atoms with Gasteiger partial charge in [-0.3, -0.25) is 9.69 Å². The first kappa shape index (κ1) is 18.1. The number of hydrogen-bond donors (Lipinski definition) is 0. The van der Waals surface area contributed by atoms with Crippen LogP contribution in [0.25, 0.3) is 0 Å². The molecule has 0 radical (unpaired) electrons. The third-order valence-corrected chi connectivity index (χ3v) is 8.19. The normalized spacial score (nSPS) is 30.8. The number of rotatable bonds is 5. The highest BCUT2D eigenvalue weighted by molar-refractivity contribution is 7.90. The van der Waals surface area contributed by atoms with E-state index in [0.717, 1.165) is 32.2 Å². The van der Waals surface area contributed by atoms with Crippen molar-refractivity contribution >= 4 is 15.9 Å². The first-order valence-corrected chi connectivity index (χ1v) is 10.4. The van der Waals surface area contributed by atoms with Gasteiger partial charge in [0.05, 0.1) is 11.9 Å². The molecule has 0 aromatic carbocycles. The van der Waals surface area contributed by atoms with E-state index in [9.17, 15) is 13.2 Å². The highest BCUT2D eigenvalue weighted by atomic mass is 32.2. The minimum Gasteiger partial charge on any atom is -0.383 e. The zero-order chi connectivity index (χ0) is 17.4. The van der Waals surface area contributed by atoms with Crippen LogP contribution in [0.15, 0.2) is 0 Å². The Balaban J connectivity index is 1.73. The van der Waals surface area contributed by atoms with Gasteiger partial charge in [0.15, 0.2) is 0 Å². The second-order valence-electron chi connectivity index (χ2n) is 7.35. The zero-order valence-corrected chi connectivity index (χ0v) is 15.6. The first-order chi connectivity index (χ1) is 11.4. The van der Waals surface area contributed by atoms with Crippen molar-refractivity contribution in [1.29, 1.82) is 0 Å². The molecule has 0 unspecified atom stereocenters. The number of hydrogen-bond acceptors (Lipinski definition) is 5. The fourth-order valence-corrected chi connectivity index (χ4v) is 5.80. The van der Waals surface area contributed by atoms with Gasteiger partial charge in [-0.2, -0.15) is 4.31 Å². The van der Waals surface area contributed by atoms with E-state index in [1.165, 1.54) is 0 Å². The van der Waals surface area contributed by atoms with Crippen LogP contribution in [0, 0.1) is 0 Å². The van der Waals surface area contributed by atoms with Crippen LogP contribution in [-0.4, -0.2) is 92.7 Å². The number of nitrogens with zero attached hydrogens (tertiary/aromatic N) is 3. The van der Waals surface area contributed by atoms with Gasteiger partial charge < -0.3 is 9.64 Å². The smallest absolute Gasteiger partial charge is 0.222 e. The van der Waals surface area contributed by atoms with E-state index in [4.69, 9.17) is 4.74 Å². The third kappa shape index (κ3) is 3.47. The molecule has 2 saturated heterocycles. The largest absolute Gasteiger partial charge is 0.383 e. The van der Waals surface area contributed by atoms with Crippen LogP contribution >= 0.6 is 0 Å².